The van der Waals surface area contributed by atoms with Crippen LogP contribution in [0.5, 0.6) is 0 Å². The summed E-state index contributed by atoms with van der Waals surface area (Å²) in [4.78, 5) is 25.5. The number of thiophene rings is 2. The molecule has 2 aromatic carbocycles. The number of nitrogens with one attached hydrogen (secondary N) is 1. The van der Waals surface area contributed by atoms with Gasteiger partial charge in [0, 0.05) is 5.56 Å². The fourth-order valence-corrected chi connectivity index (χ4v) is 6.70. The second-order valence-electron chi connectivity index (χ2n) is 9.27. The lowest BCUT2D eigenvalue weighted by molar-refractivity contribution is -0.119. The van der Waals surface area contributed by atoms with Crippen molar-refractivity contribution in [3.63, 3.8) is 0 Å². The van der Waals surface area contributed by atoms with Gasteiger partial charge in [-0.05, 0) is 78.3 Å². The zero-order valence-electron chi connectivity index (χ0n) is 20.3. The molecule has 0 saturated heterocycles. The van der Waals surface area contributed by atoms with Crippen LogP contribution in [-0.2, 0) is 14.9 Å². The molecule has 1 atom stereocenters. The van der Waals surface area contributed by atoms with Crippen LogP contribution in [0.1, 0.15) is 49.5 Å². The Bertz CT molecular complexity index is 1420. The van der Waals surface area contributed by atoms with E-state index in [1.54, 1.807) is 24.3 Å². The molecule has 0 radical (unpaired) electrons. The monoisotopic (exact) mass is 535 g/mol. The quantitative estimate of drug-likeness (QED) is 0.257. The van der Waals surface area contributed by atoms with Gasteiger partial charge in [0.1, 0.15) is 11.9 Å². The van der Waals surface area contributed by atoms with E-state index in [9.17, 15) is 9.59 Å². The molecule has 1 saturated carbocycles. The molecule has 184 valence electrons. The van der Waals surface area contributed by atoms with Gasteiger partial charge in [0.15, 0.2) is 0 Å². The number of benzene rings is 2. The van der Waals surface area contributed by atoms with Crippen molar-refractivity contribution in [2.45, 2.75) is 45.1 Å². The summed E-state index contributed by atoms with van der Waals surface area (Å²) in [5.41, 5.74) is 6.72. The van der Waals surface area contributed by atoms with E-state index in [2.05, 4.69) is 41.7 Å². The predicted octanol–water partition coefficient (Wildman–Crippen LogP) is 9.04. The average Bonchev–Trinajstić information content (AvgIpc) is 3.45. The fourth-order valence-electron chi connectivity index (χ4n) is 4.58. The topological polar surface area (TPSA) is 55.4 Å². The molecule has 0 unspecified atom stereocenters. The van der Waals surface area contributed by atoms with Crippen LogP contribution in [0.15, 0.2) is 65.4 Å². The van der Waals surface area contributed by atoms with Crippen molar-refractivity contribution in [3.8, 4) is 21.6 Å². The number of amides is 1. The summed E-state index contributed by atoms with van der Waals surface area (Å²) in [5, 5.41) is 6.91. The molecule has 4 nitrogen and oxygen atoms in total. The molecule has 1 aliphatic carbocycles. The molecule has 2 heterocycles. The molecule has 36 heavy (non-hydrogen) atoms. The van der Waals surface area contributed by atoms with E-state index in [1.807, 2.05) is 36.7 Å². The standard InChI is InChI=1S/C29H26ClNO3S2/c1-17-15-35-16-24(17)18(2)34-28(33)31-25-14-26(30)36-27(25)22-6-4-20(5-7-22)21-8-10-23(11-9-21)29(12-13-29)19(3)32/h4-11,14-16,18H,12-13H2,1-3H3,(H,31,33)/t18-/m1/s1. The average molecular weight is 536 g/mol. The molecule has 4 aromatic rings. The zero-order chi connectivity index (χ0) is 25.4. The van der Waals surface area contributed by atoms with Gasteiger partial charge in [-0.1, -0.05) is 60.1 Å². The Morgan fingerprint density at radius 2 is 1.61 bits per heavy atom. The molecular formula is C29H26ClNO3S2. The Hall–Kier alpha value is -2.93. The van der Waals surface area contributed by atoms with Gasteiger partial charge in [-0.2, -0.15) is 11.3 Å². The second-order valence-corrected chi connectivity index (χ2v) is 11.7. The highest BCUT2D eigenvalue weighted by Crippen LogP contribution is 2.49. The second kappa shape index (κ2) is 9.85. The lowest BCUT2D eigenvalue weighted by atomic mass is 9.90. The highest BCUT2D eigenvalue weighted by Gasteiger charge is 2.48. The zero-order valence-corrected chi connectivity index (χ0v) is 22.7. The normalized spacial score (nSPS) is 14.8. The highest BCUT2D eigenvalue weighted by atomic mass is 35.5. The van der Waals surface area contributed by atoms with Crippen molar-refractivity contribution in [2.24, 2.45) is 0 Å². The minimum absolute atomic E-state index is 0.249. The van der Waals surface area contributed by atoms with Gasteiger partial charge in [0.05, 0.1) is 20.3 Å². The van der Waals surface area contributed by atoms with Gasteiger partial charge in [-0.15, -0.1) is 11.3 Å². The molecule has 1 fully saturated rings. The Morgan fingerprint density at radius 1 is 1.00 bits per heavy atom. The van der Waals surface area contributed by atoms with Crippen LogP contribution < -0.4 is 5.32 Å². The van der Waals surface area contributed by atoms with E-state index >= 15 is 0 Å². The summed E-state index contributed by atoms with van der Waals surface area (Å²) in [7, 11) is 0. The number of carbonyl (C=O) groups is 2. The van der Waals surface area contributed by atoms with E-state index in [1.165, 1.54) is 11.3 Å². The Kier molecular flexibility index (Phi) is 6.77. The Balaban J connectivity index is 1.30. The maximum Gasteiger partial charge on any atom is 0.412 e. The predicted molar refractivity (Wildman–Crippen MR) is 149 cm³/mol. The first-order valence-electron chi connectivity index (χ1n) is 11.8. The van der Waals surface area contributed by atoms with Crippen molar-refractivity contribution >= 4 is 51.8 Å². The molecule has 0 spiro atoms. The number of aryl methyl sites for hydroxylation is 1. The Morgan fingerprint density at radius 3 is 2.17 bits per heavy atom. The van der Waals surface area contributed by atoms with Crippen molar-refractivity contribution < 1.29 is 14.3 Å². The number of rotatable bonds is 7. The maximum absolute atomic E-state index is 12.6. The molecule has 0 bridgehead atoms. The lowest BCUT2D eigenvalue weighted by Crippen LogP contribution is -2.16. The van der Waals surface area contributed by atoms with Crippen LogP contribution in [0.4, 0.5) is 10.5 Å². The lowest BCUT2D eigenvalue weighted by Gasteiger charge is -2.14. The third-order valence-electron chi connectivity index (χ3n) is 6.90. The van der Waals surface area contributed by atoms with E-state index in [0.29, 0.717) is 10.0 Å². The van der Waals surface area contributed by atoms with Crippen molar-refractivity contribution in [3.05, 3.63) is 86.4 Å². The summed E-state index contributed by atoms with van der Waals surface area (Å²) in [6.45, 7) is 5.56. The van der Waals surface area contributed by atoms with Crippen LogP contribution in [0.25, 0.3) is 21.6 Å². The van der Waals surface area contributed by atoms with Crippen LogP contribution in [0, 0.1) is 6.92 Å². The number of ether oxygens (including phenoxy) is 1. The molecular weight excluding hydrogens is 510 g/mol. The molecule has 2 aromatic heterocycles. The molecule has 1 N–H and O–H groups in total. The van der Waals surface area contributed by atoms with Gasteiger partial charge < -0.3 is 4.74 Å². The minimum atomic E-state index is -0.514. The first-order chi connectivity index (χ1) is 17.3. The van der Waals surface area contributed by atoms with E-state index < -0.39 is 6.09 Å². The van der Waals surface area contributed by atoms with Crippen molar-refractivity contribution in [1.82, 2.24) is 0 Å². The van der Waals surface area contributed by atoms with Crippen molar-refractivity contribution in [2.75, 3.05) is 5.32 Å². The Labute approximate surface area is 223 Å². The summed E-state index contributed by atoms with van der Waals surface area (Å²) in [6.07, 6.45) is 1.02. The number of anilines is 1. The SMILES string of the molecule is CC(=O)C1(c2ccc(-c3ccc(-c4sc(Cl)cc4NC(=O)O[C@H](C)c4cscc4C)cc3)cc2)CC1. The van der Waals surface area contributed by atoms with Crippen LogP contribution in [0.3, 0.4) is 0 Å². The molecule has 0 aliphatic heterocycles. The maximum atomic E-state index is 12.6. The summed E-state index contributed by atoms with van der Waals surface area (Å²) in [5.74, 6) is 0.249. The largest absolute Gasteiger partial charge is 0.441 e. The van der Waals surface area contributed by atoms with Crippen molar-refractivity contribution in [1.29, 1.82) is 0 Å². The number of carbonyl (C=O) groups excluding carboxylic acids is 2. The summed E-state index contributed by atoms with van der Waals surface area (Å²) in [6, 6.07) is 18.2. The highest BCUT2D eigenvalue weighted by molar-refractivity contribution is 7.20. The molecule has 1 amide bonds. The van der Waals surface area contributed by atoms with Gasteiger partial charge in [-0.25, -0.2) is 4.79 Å². The first kappa shape index (κ1) is 24.8. The molecule has 7 heteroatoms. The smallest absolute Gasteiger partial charge is 0.412 e. The number of hydrogen-bond donors (Lipinski definition) is 1. The summed E-state index contributed by atoms with van der Waals surface area (Å²) < 4.78 is 6.19. The fraction of sp³-hybridized carbons (Fsp3) is 0.241. The van der Waals surface area contributed by atoms with Gasteiger partial charge in [-0.3, -0.25) is 10.1 Å². The molecule has 5 rings (SSSR count). The van der Waals surface area contributed by atoms with Crippen LogP contribution in [0.2, 0.25) is 4.34 Å². The number of Topliss-reactive ketones (excluding diaryl/α,β-unsaturated/α-hetero) is 1. The number of halogens is 1. The van der Waals surface area contributed by atoms with Gasteiger partial charge in [0.25, 0.3) is 0 Å². The molecule has 1 aliphatic rings. The number of ketones is 1. The first-order valence-corrected chi connectivity index (χ1v) is 13.9. The number of hydrogen-bond acceptors (Lipinski definition) is 5. The van der Waals surface area contributed by atoms with Gasteiger partial charge >= 0.3 is 6.09 Å². The van der Waals surface area contributed by atoms with E-state index in [-0.39, 0.29) is 17.3 Å². The van der Waals surface area contributed by atoms with E-state index in [4.69, 9.17) is 16.3 Å². The van der Waals surface area contributed by atoms with Crippen LogP contribution in [-0.4, -0.2) is 11.9 Å². The third-order valence-corrected chi connectivity index (χ3v) is 9.09. The van der Waals surface area contributed by atoms with E-state index in [0.717, 1.165) is 51.1 Å². The summed E-state index contributed by atoms with van der Waals surface area (Å²) >= 11 is 9.32. The minimum Gasteiger partial charge on any atom is -0.441 e. The van der Waals surface area contributed by atoms with Gasteiger partial charge in [0.2, 0.25) is 0 Å². The third kappa shape index (κ3) is 4.85. The van der Waals surface area contributed by atoms with Crippen LogP contribution >= 0.6 is 34.3 Å².